The third-order valence-corrected chi connectivity index (χ3v) is 7.45. The number of rotatable bonds is 5. The molecule has 3 heterocycles. The fraction of sp³-hybridized carbons (Fsp3) is 0.292. The molecule has 2 aliphatic heterocycles. The average Bonchev–Trinajstić information content (AvgIpc) is 3.15. The molecular weight excluding hydrogens is 490 g/mol. The molecule has 6 nitrogen and oxygen atoms in total. The van der Waals surface area contributed by atoms with Gasteiger partial charge in [-0.2, -0.15) is 0 Å². The Morgan fingerprint density at radius 2 is 2.06 bits per heavy atom. The second-order valence-electron chi connectivity index (χ2n) is 7.98. The lowest BCUT2D eigenvalue weighted by Gasteiger charge is -2.29. The molecule has 1 unspecified atom stereocenters. The summed E-state index contributed by atoms with van der Waals surface area (Å²) in [6.45, 7) is 4.96. The van der Waals surface area contributed by atoms with Crippen LogP contribution in [0.15, 0.2) is 46.9 Å². The minimum absolute atomic E-state index is 0.0339. The number of aromatic hydroxyl groups is 1. The Morgan fingerprint density at radius 1 is 1.25 bits per heavy atom. The molecule has 3 N–H and O–H groups in total. The summed E-state index contributed by atoms with van der Waals surface area (Å²) in [6, 6.07) is 14.0. The van der Waals surface area contributed by atoms with E-state index < -0.39 is 6.17 Å². The van der Waals surface area contributed by atoms with Gasteiger partial charge in [-0.25, -0.2) is 0 Å². The van der Waals surface area contributed by atoms with Crippen molar-refractivity contribution in [1.82, 2.24) is 10.2 Å². The second-order valence-corrected chi connectivity index (χ2v) is 10.0. The smallest absolute Gasteiger partial charge is 0.256 e. The van der Waals surface area contributed by atoms with Gasteiger partial charge >= 0.3 is 0 Å². The minimum atomic E-state index is -0.535. The molecule has 0 fully saturated rings. The number of fused-ring (bicyclic) bond motifs is 3. The number of carbonyl (C=O) groups is 1. The summed E-state index contributed by atoms with van der Waals surface area (Å²) in [6.07, 6.45) is 0.317. The molecule has 32 heavy (non-hydrogen) atoms. The Balaban J connectivity index is 1.40. The highest BCUT2D eigenvalue weighted by Gasteiger charge is 2.34. The number of benzene rings is 2. The average molecular weight is 514 g/mol. The number of anilines is 1. The molecule has 0 bridgehead atoms. The number of nitrogens with one attached hydrogen (secondary N) is 2. The SMILES string of the molecule is CCOc1cc(Br)cc(C2NC(=O)c3c(sc4c3CCN(Cc3ccccc3)C4)N2)c1O. The Kier molecular flexibility index (Phi) is 5.84. The Hall–Kier alpha value is -2.55. The van der Waals surface area contributed by atoms with E-state index in [1.807, 2.05) is 13.0 Å². The van der Waals surface area contributed by atoms with Crippen molar-refractivity contribution >= 4 is 38.2 Å². The first-order valence-electron chi connectivity index (χ1n) is 10.7. The highest BCUT2D eigenvalue weighted by atomic mass is 79.9. The zero-order valence-corrected chi connectivity index (χ0v) is 20.1. The van der Waals surface area contributed by atoms with Crippen molar-refractivity contribution in [2.75, 3.05) is 18.5 Å². The molecule has 1 atom stereocenters. The van der Waals surface area contributed by atoms with Crippen LogP contribution in [0.25, 0.3) is 0 Å². The Labute approximate surface area is 199 Å². The van der Waals surface area contributed by atoms with Gasteiger partial charge in [-0.1, -0.05) is 46.3 Å². The standard InChI is InChI=1S/C24H24BrN3O3S/c1-2-31-18-11-15(25)10-17(21(18)29)22-26-23(30)20-16-8-9-28(12-14-6-4-3-5-7-14)13-19(16)32-24(20)27-22/h3-7,10-11,22,27,29H,2,8-9,12-13H2,1H3,(H,26,30). The number of hydrogen-bond acceptors (Lipinski definition) is 6. The molecule has 0 saturated carbocycles. The molecule has 2 aliphatic rings. The van der Waals surface area contributed by atoms with Crippen LogP contribution in [0, 0.1) is 0 Å². The van der Waals surface area contributed by atoms with Crippen molar-refractivity contribution in [2.24, 2.45) is 0 Å². The van der Waals surface area contributed by atoms with Gasteiger partial charge in [0.05, 0.1) is 12.2 Å². The quantitative estimate of drug-likeness (QED) is 0.446. The zero-order valence-electron chi connectivity index (χ0n) is 17.7. The molecule has 0 radical (unpaired) electrons. The van der Waals surface area contributed by atoms with E-state index in [9.17, 15) is 9.90 Å². The maximum absolute atomic E-state index is 13.1. The van der Waals surface area contributed by atoms with E-state index in [1.165, 1.54) is 10.4 Å². The molecule has 3 aromatic rings. The van der Waals surface area contributed by atoms with E-state index >= 15 is 0 Å². The maximum Gasteiger partial charge on any atom is 0.256 e. The number of thiophene rings is 1. The molecule has 0 aliphatic carbocycles. The van der Waals surface area contributed by atoms with Crippen molar-refractivity contribution in [2.45, 2.75) is 32.6 Å². The van der Waals surface area contributed by atoms with E-state index in [-0.39, 0.29) is 11.7 Å². The number of phenols is 1. The summed E-state index contributed by atoms with van der Waals surface area (Å²) in [5, 5.41) is 18.0. The van der Waals surface area contributed by atoms with E-state index in [4.69, 9.17) is 4.74 Å². The molecule has 1 amide bonds. The van der Waals surface area contributed by atoms with Crippen molar-refractivity contribution in [1.29, 1.82) is 0 Å². The van der Waals surface area contributed by atoms with E-state index in [2.05, 4.69) is 55.7 Å². The number of ether oxygens (including phenoxy) is 1. The van der Waals surface area contributed by atoms with Gasteiger partial charge in [0.2, 0.25) is 0 Å². The normalized spacial score (nSPS) is 17.8. The summed E-state index contributed by atoms with van der Waals surface area (Å²) < 4.78 is 6.32. The van der Waals surface area contributed by atoms with Gasteiger partial charge in [0.15, 0.2) is 11.5 Å². The molecule has 166 valence electrons. The van der Waals surface area contributed by atoms with E-state index in [0.29, 0.717) is 17.9 Å². The monoisotopic (exact) mass is 513 g/mol. The molecule has 0 spiro atoms. The van der Waals surface area contributed by atoms with Crippen LogP contribution < -0.4 is 15.4 Å². The molecule has 2 aromatic carbocycles. The number of carbonyl (C=O) groups excluding carboxylic acids is 1. The first kappa shape index (κ1) is 21.3. The molecule has 5 rings (SSSR count). The van der Waals surface area contributed by atoms with Crippen LogP contribution in [0.3, 0.4) is 0 Å². The number of phenolic OH excluding ortho intramolecular Hbond substituents is 1. The number of hydrogen-bond donors (Lipinski definition) is 3. The van der Waals surface area contributed by atoms with Crippen LogP contribution in [-0.4, -0.2) is 29.1 Å². The van der Waals surface area contributed by atoms with Crippen LogP contribution in [0.5, 0.6) is 11.5 Å². The number of amides is 1. The first-order valence-corrected chi connectivity index (χ1v) is 12.3. The first-order chi connectivity index (χ1) is 15.5. The van der Waals surface area contributed by atoms with Crippen LogP contribution in [-0.2, 0) is 19.5 Å². The summed E-state index contributed by atoms with van der Waals surface area (Å²) in [4.78, 5) is 16.7. The van der Waals surface area contributed by atoms with Crippen LogP contribution in [0.4, 0.5) is 5.00 Å². The number of nitrogens with zero attached hydrogens (tertiary/aromatic N) is 1. The zero-order chi connectivity index (χ0) is 22.2. The third-order valence-electron chi connectivity index (χ3n) is 5.84. The molecular formula is C24H24BrN3O3S. The van der Waals surface area contributed by atoms with Gasteiger partial charge in [0.25, 0.3) is 5.91 Å². The largest absolute Gasteiger partial charge is 0.504 e. The van der Waals surface area contributed by atoms with Crippen molar-refractivity contribution in [3.05, 3.63) is 74.1 Å². The van der Waals surface area contributed by atoms with Gasteiger partial charge in [-0.15, -0.1) is 11.3 Å². The summed E-state index contributed by atoms with van der Waals surface area (Å²) >= 11 is 5.12. The van der Waals surface area contributed by atoms with E-state index in [1.54, 1.807) is 23.5 Å². The van der Waals surface area contributed by atoms with Crippen LogP contribution in [0.2, 0.25) is 0 Å². The molecule has 1 aromatic heterocycles. The topological polar surface area (TPSA) is 73.8 Å². The van der Waals surface area contributed by atoms with Crippen LogP contribution in [0.1, 0.15) is 45.0 Å². The fourth-order valence-electron chi connectivity index (χ4n) is 4.38. The van der Waals surface area contributed by atoms with Crippen molar-refractivity contribution < 1.29 is 14.6 Å². The number of halogens is 1. The lowest BCUT2D eigenvalue weighted by molar-refractivity contribution is 0.0934. The highest BCUT2D eigenvalue weighted by molar-refractivity contribution is 9.10. The second kappa shape index (κ2) is 8.77. The van der Waals surface area contributed by atoms with Gasteiger partial charge in [0.1, 0.15) is 11.2 Å². The van der Waals surface area contributed by atoms with Crippen LogP contribution >= 0.6 is 27.3 Å². The lowest BCUT2D eigenvalue weighted by Crippen LogP contribution is -2.39. The van der Waals surface area contributed by atoms with E-state index in [0.717, 1.165) is 46.7 Å². The predicted octanol–water partition coefficient (Wildman–Crippen LogP) is 5.03. The summed E-state index contributed by atoms with van der Waals surface area (Å²) in [5.74, 6) is 0.322. The Morgan fingerprint density at radius 3 is 2.84 bits per heavy atom. The van der Waals surface area contributed by atoms with Crippen molar-refractivity contribution in [3.63, 3.8) is 0 Å². The lowest BCUT2D eigenvalue weighted by atomic mass is 9.99. The predicted molar refractivity (Wildman–Crippen MR) is 129 cm³/mol. The highest BCUT2D eigenvalue weighted by Crippen LogP contribution is 2.44. The maximum atomic E-state index is 13.1. The Bertz CT molecular complexity index is 1170. The molecule has 8 heteroatoms. The minimum Gasteiger partial charge on any atom is -0.504 e. The molecule has 0 saturated heterocycles. The third kappa shape index (κ3) is 3.98. The fourth-order valence-corrected chi connectivity index (χ4v) is 6.15. The van der Waals surface area contributed by atoms with Crippen molar-refractivity contribution in [3.8, 4) is 11.5 Å². The van der Waals surface area contributed by atoms with Gasteiger partial charge in [-0.05, 0) is 36.6 Å². The van der Waals surface area contributed by atoms with Gasteiger partial charge in [-0.3, -0.25) is 9.69 Å². The summed E-state index contributed by atoms with van der Waals surface area (Å²) in [5.41, 5.74) is 3.76. The van der Waals surface area contributed by atoms with Gasteiger partial charge in [0, 0.05) is 34.5 Å². The van der Waals surface area contributed by atoms with Gasteiger partial charge < -0.3 is 20.5 Å². The summed E-state index contributed by atoms with van der Waals surface area (Å²) in [7, 11) is 0.